The zero-order valence-electron chi connectivity index (χ0n) is 17.1. The maximum atomic E-state index is 12.9. The molecule has 0 radical (unpaired) electrons. The Balaban J connectivity index is 1.56. The van der Waals surface area contributed by atoms with Crippen molar-refractivity contribution in [2.24, 2.45) is 5.92 Å². The summed E-state index contributed by atoms with van der Waals surface area (Å²) in [6.45, 7) is 4.80. The third-order valence-corrected chi connectivity index (χ3v) is 7.10. The number of hydrogen-bond donors (Lipinski definition) is 1. The molecule has 1 aliphatic heterocycles. The largest absolute Gasteiger partial charge is 0.349 e. The second-order valence-corrected chi connectivity index (χ2v) is 9.30. The molecule has 2 aliphatic rings. The smallest absolute Gasteiger partial charge is 0.251 e. The highest BCUT2D eigenvalue weighted by molar-refractivity contribution is 8.00. The van der Waals surface area contributed by atoms with Gasteiger partial charge in [0.25, 0.3) is 5.91 Å². The molecule has 0 aromatic heterocycles. The molecule has 2 amide bonds. The SMILES string of the molecule is Cc1ccc(CN2C(=O)CSc3ccc(C(=O)N[C@H]4CCCC[C@H]4C)cc32)cc1. The van der Waals surface area contributed by atoms with Crippen LogP contribution in [0.2, 0.25) is 0 Å². The highest BCUT2D eigenvalue weighted by atomic mass is 32.2. The molecule has 5 heteroatoms. The van der Waals surface area contributed by atoms with Crippen LogP contribution in [0.3, 0.4) is 0 Å². The average molecular weight is 409 g/mol. The molecule has 0 spiro atoms. The van der Waals surface area contributed by atoms with E-state index in [4.69, 9.17) is 0 Å². The van der Waals surface area contributed by atoms with E-state index >= 15 is 0 Å². The summed E-state index contributed by atoms with van der Waals surface area (Å²) in [6.07, 6.45) is 4.64. The Kier molecular flexibility index (Phi) is 5.95. The number of benzene rings is 2. The Morgan fingerprint density at radius 1 is 1.14 bits per heavy atom. The van der Waals surface area contributed by atoms with Crippen molar-refractivity contribution in [3.05, 3.63) is 59.2 Å². The Morgan fingerprint density at radius 2 is 1.90 bits per heavy atom. The molecule has 1 fully saturated rings. The molecular formula is C24H28N2O2S. The lowest BCUT2D eigenvalue weighted by Crippen LogP contribution is -2.41. The van der Waals surface area contributed by atoms with Gasteiger partial charge in [-0.15, -0.1) is 11.8 Å². The summed E-state index contributed by atoms with van der Waals surface area (Å²) in [5, 5.41) is 3.22. The first-order valence-electron chi connectivity index (χ1n) is 10.4. The average Bonchev–Trinajstić information content (AvgIpc) is 2.73. The van der Waals surface area contributed by atoms with Gasteiger partial charge in [-0.3, -0.25) is 9.59 Å². The van der Waals surface area contributed by atoms with Crippen LogP contribution >= 0.6 is 11.8 Å². The van der Waals surface area contributed by atoms with Gasteiger partial charge in [0, 0.05) is 16.5 Å². The van der Waals surface area contributed by atoms with Crippen LogP contribution in [0, 0.1) is 12.8 Å². The standard InChI is InChI=1S/C24H28N2O2S/c1-16-7-9-18(10-8-16)14-26-21-13-19(11-12-22(21)29-15-23(26)27)24(28)25-20-6-4-3-5-17(20)2/h7-13,17,20H,3-6,14-15H2,1-2H3,(H,25,28)/t17-,20+/m1/s1. The Morgan fingerprint density at radius 3 is 2.66 bits per heavy atom. The molecule has 2 atom stereocenters. The minimum Gasteiger partial charge on any atom is -0.349 e. The summed E-state index contributed by atoms with van der Waals surface area (Å²) >= 11 is 1.55. The van der Waals surface area contributed by atoms with Crippen molar-refractivity contribution in [2.45, 2.75) is 57.0 Å². The first-order chi connectivity index (χ1) is 14.0. The summed E-state index contributed by atoms with van der Waals surface area (Å²) in [5.41, 5.74) is 3.76. The number of fused-ring (bicyclic) bond motifs is 1. The number of hydrogen-bond acceptors (Lipinski definition) is 3. The Bertz CT molecular complexity index is 910. The monoisotopic (exact) mass is 408 g/mol. The van der Waals surface area contributed by atoms with E-state index in [9.17, 15) is 9.59 Å². The molecule has 4 rings (SSSR count). The fraction of sp³-hybridized carbons (Fsp3) is 0.417. The number of thioether (sulfide) groups is 1. The van der Waals surface area contributed by atoms with E-state index in [-0.39, 0.29) is 17.9 Å². The normalized spacial score (nSPS) is 21.6. The summed E-state index contributed by atoms with van der Waals surface area (Å²) in [5.74, 6) is 0.996. The number of carbonyl (C=O) groups is 2. The zero-order valence-corrected chi connectivity index (χ0v) is 17.9. The second kappa shape index (κ2) is 8.62. The van der Waals surface area contributed by atoms with Crippen LogP contribution in [0.1, 0.15) is 54.1 Å². The van der Waals surface area contributed by atoms with Gasteiger partial charge in [0.1, 0.15) is 0 Å². The summed E-state index contributed by atoms with van der Waals surface area (Å²) < 4.78 is 0. The van der Waals surface area contributed by atoms with Gasteiger partial charge in [0.05, 0.1) is 18.0 Å². The van der Waals surface area contributed by atoms with Gasteiger partial charge in [-0.25, -0.2) is 0 Å². The lowest BCUT2D eigenvalue weighted by molar-refractivity contribution is -0.116. The predicted octanol–water partition coefficient (Wildman–Crippen LogP) is 4.94. The van der Waals surface area contributed by atoms with Gasteiger partial charge in [0.2, 0.25) is 5.91 Å². The maximum Gasteiger partial charge on any atom is 0.251 e. The van der Waals surface area contributed by atoms with Crippen molar-refractivity contribution >= 4 is 29.3 Å². The topological polar surface area (TPSA) is 49.4 Å². The highest BCUT2D eigenvalue weighted by Gasteiger charge is 2.27. The first-order valence-corrected chi connectivity index (χ1v) is 11.4. The van der Waals surface area contributed by atoms with Gasteiger partial charge in [0.15, 0.2) is 0 Å². The summed E-state index contributed by atoms with van der Waals surface area (Å²) in [7, 11) is 0. The van der Waals surface area contributed by atoms with Crippen molar-refractivity contribution < 1.29 is 9.59 Å². The Labute approximate surface area is 177 Å². The van der Waals surface area contributed by atoms with Gasteiger partial charge in [-0.05, 0) is 49.4 Å². The molecule has 1 N–H and O–H groups in total. The fourth-order valence-corrected chi connectivity index (χ4v) is 5.09. The maximum absolute atomic E-state index is 12.9. The van der Waals surface area contributed by atoms with E-state index in [1.807, 2.05) is 23.1 Å². The van der Waals surface area contributed by atoms with Crippen LogP contribution in [0.5, 0.6) is 0 Å². The lowest BCUT2D eigenvalue weighted by atomic mass is 9.86. The predicted molar refractivity (Wildman–Crippen MR) is 118 cm³/mol. The van der Waals surface area contributed by atoms with Crippen LogP contribution in [0.25, 0.3) is 0 Å². The molecule has 2 aromatic carbocycles. The highest BCUT2D eigenvalue weighted by Crippen LogP contribution is 2.37. The molecule has 0 bridgehead atoms. The molecule has 29 heavy (non-hydrogen) atoms. The molecule has 1 aliphatic carbocycles. The minimum atomic E-state index is -0.0372. The van der Waals surface area contributed by atoms with Crippen molar-refractivity contribution in [1.82, 2.24) is 5.32 Å². The fourth-order valence-electron chi connectivity index (χ4n) is 4.18. The van der Waals surface area contributed by atoms with Crippen molar-refractivity contribution in [2.75, 3.05) is 10.7 Å². The molecule has 4 nitrogen and oxygen atoms in total. The number of nitrogens with one attached hydrogen (secondary N) is 1. The molecule has 0 unspecified atom stereocenters. The van der Waals surface area contributed by atoms with E-state index in [2.05, 4.69) is 43.4 Å². The zero-order chi connectivity index (χ0) is 20.4. The first kappa shape index (κ1) is 20.0. The summed E-state index contributed by atoms with van der Waals surface area (Å²) in [6, 6.07) is 14.2. The molecule has 1 heterocycles. The Hall–Kier alpha value is -2.27. The van der Waals surface area contributed by atoms with E-state index in [0.29, 0.717) is 23.8 Å². The number of nitrogens with zero attached hydrogens (tertiary/aromatic N) is 1. The van der Waals surface area contributed by atoms with E-state index < -0.39 is 0 Å². The van der Waals surface area contributed by atoms with Crippen molar-refractivity contribution in [1.29, 1.82) is 0 Å². The quantitative estimate of drug-likeness (QED) is 0.779. The number of amides is 2. The van der Waals surface area contributed by atoms with Gasteiger partial charge >= 0.3 is 0 Å². The minimum absolute atomic E-state index is 0.0372. The third kappa shape index (κ3) is 4.50. The molecule has 1 saturated carbocycles. The van der Waals surface area contributed by atoms with E-state index in [1.165, 1.54) is 24.8 Å². The molecule has 2 aromatic rings. The number of aryl methyl sites for hydroxylation is 1. The van der Waals surface area contributed by atoms with Crippen LogP contribution in [0.4, 0.5) is 5.69 Å². The van der Waals surface area contributed by atoms with Crippen molar-refractivity contribution in [3.8, 4) is 0 Å². The molecule has 0 saturated heterocycles. The molecular weight excluding hydrogens is 380 g/mol. The number of anilines is 1. The lowest BCUT2D eigenvalue weighted by Gasteiger charge is -2.31. The molecule has 152 valence electrons. The van der Waals surface area contributed by atoms with E-state index in [0.717, 1.165) is 22.6 Å². The number of carbonyl (C=O) groups excluding carboxylic acids is 2. The van der Waals surface area contributed by atoms with Crippen LogP contribution < -0.4 is 10.2 Å². The van der Waals surface area contributed by atoms with Crippen LogP contribution in [-0.4, -0.2) is 23.6 Å². The van der Waals surface area contributed by atoms with Gasteiger partial charge in [-0.1, -0.05) is 49.6 Å². The number of rotatable bonds is 4. The third-order valence-electron chi connectivity index (χ3n) is 6.05. The van der Waals surface area contributed by atoms with Crippen LogP contribution in [-0.2, 0) is 11.3 Å². The van der Waals surface area contributed by atoms with Crippen molar-refractivity contribution in [3.63, 3.8) is 0 Å². The summed E-state index contributed by atoms with van der Waals surface area (Å²) in [4.78, 5) is 28.5. The van der Waals surface area contributed by atoms with Gasteiger partial charge < -0.3 is 10.2 Å². The van der Waals surface area contributed by atoms with E-state index in [1.54, 1.807) is 11.8 Å². The van der Waals surface area contributed by atoms with Gasteiger partial charge in [-0.2, -0.15) is 0 Å². The van der Waals surface area contributed by atoms with Crippen LogP contribution in [0.15, 0.2) is 47.4 Å². The second-order valence-electron chi connectivity index (χ2n) is 8.28.